The standard InChI is InChI=1S/C16H22BrN3/c1-5-13-10-14(6-2)20(19-13)16-8-7-12(9-15(16)17)11(3)18-4/h7-11,18H,5-6H2,1-4H3. The van der Waals surface area contributed by atoms with Crippen LogP contribution >= 0.6 is 15.9 Å². The lowest BCUT2D eigenvalue weighted by Gasteiger charge is -2.14. The Morgan fingerprint density at radius 3 is 2.55 bits per heavy atom. The zero-order chi connectivity index (χ0) is 14.7. The molecule has 1 unspecified atom stereocenters. The van der Waals surface area contributed by atoms with Crippen LogP contribution in [0, 0.1) is 0 Å². The fraction of sp³-hybridized carbons (Fsp3) is 0.438. The number of aryl methyl sites for hydroxylation is 2. The van der Waals surface area contributed by atoms with Gasteiger partial charge in [-0.2, -0.15) is 5.10 Å². The molecule has 2 rings (SSSR count). The zero-order valence-electron chi connectivity index (χ0n) is 12.6. The van der Waals surface area contributed by atoms with E-state index in [4.69, 9.17) is 5.10 Å². The number of hydrogen-bond donors (Lipinski definition) is 1. The highest BCUT2D eigenvalue weighted by molar-refractivity contribution is 9.10. The van der Waals surface area contributed by atoms with E-state index in [1.54, 1.807) is 0 Å². The van der Waals surface area contributed by atoms with Gasteiger partial charge in [0.25, 0.3) is 0 Å². The van der Waals surface area contributed by atoms with E-state index in [0.29, 0.717) is 6.04 Å². The van der Waals surface area contributed by atoms with Crippen LogP contribution in [0.4, 0.5) is 0 Å². The van der Waals surface area contributed by atoms with E-state index < -0.39 is 0 Å². The molecule has 1 heterocycles. The summed E-state index contributed by atoms with van der Waals surface area (Å²) in [5, 5.41) is 7.96. The van der Waals surface area contributed by atoms with Crippen molar-refractivity contribution in [3.05, 3.63) is 45.7 Å². The van der Waals surface area contributed by atoms with Crippen LogP contribution in [0.25, 0.3) is 5.69 Å². The molecule has 20 heavy (non-hydrogen) atoms. The lowest BCUT2D eigenvalue weighted by Crippen LogP contribution is -2.12. The highest BCUT2D eigenvalue weighted by Gasteiger charge is 2.12. The van der Waals surface area contributed by atoms with Crippen LogP contribution in [0.1, 0.15) is 43.8 Å². The average Bonchev–Trinajstić information content (AvgIpc) is 2.89. The maximum Gasteiger partial charge on any atom is 0.0791 e. The first-order chi connectivity index (χ1) is 9.60. The lowest BCUT2D eigenvalue weighted by molar-refractivity contribution is 0.651. The van der Waals surface area contributed by atoms with Crippen LogP contribution in [0.5, 0.6) is 0 Å². The third-order valence-corrected chi connectivity index (χ3v) is 4.33. The minimum atomic E-state index is 0.342. The van der Waals surface area contributed by atoms with Crippen LogP contribution in [-0.4, -0.2) is 16.8 Å². The number of hydrogen-bond acceptors (Lipinski definition) is 2. The summed E-state index contributed by atoms with van der Waals surface area (Å²) in [5.41, 5.74) is 4.76. The van der Waals surface area contributed by atoms with Gasteiger partial charge >= 0.3 is 0 Å². The van der Waals surface area contributed by atoms with Crippen LogP contribution in [0.2, 0.25) is 0 Å². The van der Waals surface area contributed by atoms with Gasteiger partial charge in [0.05, 0.1) is 11.4 Å². The molecule has 0 aliphatic rings. The molecule has 0 amide bonds. The van der Waals surface area contributed by atoms with E-state index in [2.05, 4.69) is 71.0 Å². The van der Waals surface area contributed by atoms with Gasteiger partial charge in [-0.15, -0.1) is 0 Å². The molecule has 3 nitrogen and oxygen atoms in total. The Bertz CT molecular complexity index is 589. The summed E-state index contributed by atoms with van der Waals surface area (Å²) in [6.45, 7) is 6.46. The van der Waals surface area contributed by atoms with E-state index in [1.807, 2.05) is 7.05 Å². The predicted octanol–water partition coefficient (Wildman–Crippen LogP) is 4.04. The maximum absolute atomic E-state index is 4.70. The molecule has 2 aromatic rings. The number of rotatable bonds is 5. The smallest absolute Gasteiger partial charge is 0.0791 e. The molecule has 0 fully saturated rings. The van der Waals surface area contributed by atoms with Gasteiger partial charge in [0.1, 0.15) is 0 Å². The minimum absolute atomic E-state index is 0.342. The molecule has 0 bridgehead atoms. The molecule has 1 N–H and O–H groups in total. The molecular weight excluding hydrogens is 314 g/mol. The molecule has 108 valence electrons. The van der Waals surface area contributed by atoms with E-state index in [9.17, 15) is 0 Å². The molecule has 0 saturated heterocycles. The second-order valence-corrected chi connectivity index (χ2v) is 5.82. The fourth-order valence-corrected chi connectivity index (χ4v) is 2.80. The topological polar surface area (TPSA) is 29.9 Å². The molecule has 1 aromatic carbocycles. The molecule has 1 atom stereocenters. The van der Waals surface area contributed by atoms with E-state index in [0.717, 1.165) is 28.7 Å². The van der Waals surface area contributed by atoms with Gasteiger partial charge in [-0.05, 0) is 66.5 Å². The first-order valence-corrected chi connectivity index (χ1v) is 7.94. The SMILES string of the molecule is CCc1cc(CC)n(-c2ccc(C(C)NC)cc2Br)n1. The third kappa shape index (κ3) is 2.96. The number of aromatic nitrogens is 2. The van der Waals surface area contributed by atoms with Crippen LogP contribution < -0.4 is 5.32 Å². The summed E-state index contributed by atoms with van der Waals surface area (Å²) < 4.78 is 3.13. The lowest BCUT2D eigenvalue weighted by atomic mass is 10.1. The molecule has 0 aliphatic heterocycles. The summed E-state index contributed by atoms with van der Waals surface area (Å²) in [5.74, 6) is 0. The van der Waals surface area contributed by atoms with Gasteiger partial charge in [-0.3, -0.25) is 0 Å². The molecule has 0 radical (unpaired) electrons. The Balaban J connectivity index is 2.45. The summed E-state index contributed by atoms with van der Waals surface area (Å²) in [6, 6.07) is 9.00. The van der Waals surface area contributed by atoms with Crippen molar-refractivity contribution < 1.29 is 0 Å². The number of nitrogens with one attached hydrogen (secondary N) is 1. The van der Waals surface area contributed by atoms with Gasteiger partial charge in [0.15, 0.2) is 0 Å². The summed E-state index contributed by atoms with van der Waals surface area (Å²) >= 11 is 3.69. The Hall–Kier alpha value is -1.13. The number of benzene rings is 1. The van der Waals surface area contributed by atoms with Crippen molar-refractivity contribution in [3.8, 4) is 5.69 Å². The second kappa shape index (κ2) is 6.55. The van der Waals surface area contributed by atoms with Crippen molar-refractivity contribution in [2.24, 2.45) is 0 Å². The number of nitrogens with zero attached hydrogens (tertiary/aromatic N) is 2. The quantitative estimate of drug-likeness (QED) is 0.893. The Labute approximate surface area is 129 Å². The molecule has 4 heteroatoms. The average molecular weight is 336 g/mol. The number of halogens is 1. The second-order valence-electron chi connectivity index (χ2n) is 4.97. The highest BCUT2D eigenvalue weighted by atomic mass is 79.9. The Morgan fingerprint density at radius 2 is 2.00 bits per heavy atom. The van der Waals surface area contributed by atoms with Gasteiger partial charge in [-0.25, -0.2) is 4.68 Å². The van der Waals surface area contributed by atoms with Crippen molar-refractivity contribution in [2.45, 2.75) is 39.7 Å². The normalized spacial score (nSPS) is 12.7. The first-order valence-electron chi connectivity index (χ1n) is 7.15. The van der Waals surface area contributed by atoms with Gasteiger partial charge in [-0.1, -0.05) is 19.9 Å². The predicted molar refractivity (Wildman–Crippen MR) is 87.5 cm³/mol. The van der Waals surface area contributed by atoms with Gasteiger partial charge in [0, 0.05) is 16.2 Å². The van der Waals surface area contributed by atoms with Crippen LogP contribution in [0.15, 0.2) is 28.7 Å². The zero-order valence-corrected chi connectivity index (χ0v) is 14.2. The molecule has 0 spiro atoms. The van der Waals surface area contributed by atoms with Gasteiger partial charge in [0.2, 0.25) is 0 Å². The van der Waals surface area contributed by atoms with Crippen molar-refractivity contribution >= 4 is 15.9 Å². The largest absolute Gasteiger partial charge is 0.313 e. The first kappa shape index (κ1) is 15.3. The Kier molecular flexibility index (Phi) is 5.00. The third-order valence-electron chi connectivity index (χ3n) is 3.69. The fourth-order valence-electron chi connectivity index (χ4n) is 2.24. The summed E-state index contributed by atoms with van der Waals surface area (Å²) in [6.07, 6.45) is 1.95. The van der Waals surface area contributed by atoms with Crippen molar-refractivity contribution in [1.82, 2.24) is 15.1 Å². The van der Waals surface area contributed by atoms with Crippen molar-refractivity contribution in [3.63, 3.8) is 0 Å². The monoisotopic (exact) mass is 335 g/mol. The van der Waals surface area contributed by atoms with Gasteiger partial charge < -0.3 is 5.32 Å². The molecule has 0 saturated carbocycles. The Morgan fingerprint density at radius 1 is 1.25 bits per heavy atom. The molecule has 1 aromatic heterocycles. The molecular formula is C16H22BrN3. The minimum Gasteiger partial charge on any atom is -0.313 e. The van der Waals surface area contributed by atoms with Crippen LogP contribution in [0.3, 0.4) is 0 Å². The van der Waals surface area contributed by atoms with E-state index >= 15 is 0 Å². The molecule has 0 aliphatic carbocycles. The summed E-state index contributed by atoms with van der Waals surface area (Å²) in [7, 11) is 1.97. The van der Waals surface area contributed by atoms with E-state index in [-0.39, 0.29) is 0 Å². The van der Waals surface area contributed by atoms with Crippen molar-refractivity contribution in [1.29, 1.82) is 0 Å². The highest BCUT2D eigenvalue weighted by Crippen LogP contribution is 2.26. The summed E-state index contributed by atoms with van der Waals surface area (Å²) in [4.78, 5) is 0. The maximum atomic E-state index is 4.70. The van der Waals surface area contributed by atoms with Crippen molar-refractivity contribution in [2.75, 3.05) is 7.05 Å². The van der Waals surface area contributed by atoms with E-state index in [1.165, 1.54) is 11.3 Å². The van der Waals surface area contributed by atoms with Crippen LogP contribution in [-0.2, 0) is 12.8 Å².